The largest absolute Gasteiger partial charge is 0.496 e. The quantitative estimate of drug-likeness (QED) is 0.693. The number of methoxy groups -OCH3 is 1. The summed E-state index contributed by atoms with van der Waals surface area (Å²) in [5.74, 6) is 0.674. The Morgan fingerprint density at radius 2 is 2.05 bits per heavy atom. The Bertz CT molecular complexity index is 897. The molecule has 0 aliphatic rings. The molecule has 22 heavy (non-hydrogen) atoms. The number of nitrogens with zero attached hydrogens (tertiary/aromatic N) is 2. The zero-order valence-corrected chi connectivity index (χ0v) is 12.3. The molecule has 2 aromatic heterocycles. The number of para-hydroxylation sites is 1. The molecule has 2 heterocycles. The molecule has 0 N–H and O–H groups in total. The van der Waals surface area contributed by atoms with E-state index in [0.29, 0.717) is 23.5 Å². The van der Waals surface area contributed by atoms with Crippen LogP contribution < -0.4 is 10.3 Å². The Morgan fingerprint density at radius 3 is 2.82 bits per heavy atom. The average molecular weight is 292 g/mol. The van der Waals surface area contributed by atoms with Crippen LogP contribution in [0.25, 0.3) is 22.2 Å². The van der Waals surface area contributed by atoms with E-state index in [0.717, 1.165) is 10.9 Å². The summed E-state index contributed by atoms with van der Waals surface area (Å²) >= 11 is 0. The SMILES string of the molecule is C=CCn1c(=O)c(-c2ccccc2OC)cc2cccnc21. The van der Waals surface area contributed by atoms with Crippen LogP contribution in [0.5, 0.6) is 5.75 Å². The van der Waals surface area contributed by atoms with Crippen molar-refractivity contribution in [2.24, 2.45) is 0 Å². The van der Waals surface area contributed by atoms with E-state index in [1.54, 1.807) is 23.9 Å². The number of ether oxygens (including phenoxy) is 1. The van der Waals surface area contributed by atoms with Crippen molar-refractivity contribution in [3.8, 4) is 16.9 Å². The molecule has 0 spiro atoms. The van der Waals surface area contributed by atoms with Gasteiger partial charge in [0, 0.05) is 23.7 Å². The molecule has 3 aromatic rings. The maximum absolute atomic E-state index is 12.9. The Kier molecular flexibility index (Phi) is 3.74. The highest BCUT2D eigenvalue weighted by molar-refractivity contribution is 5.82. The molecule has 0 saturated carbocycles. The van der Waals surface area contributed by atoms with Crippen molar-refractivity contribution in [2.45, 2.75) is 6.54 Å². The number of hydrogen-bond acceptors (Lipinski definition) is 3. The highest BCUT2D eigenvalue weighted by Crippen LogP contribution is 2.28. The predicted octanol–water partition coefficient (Wildman–Crippen LogP) is 3.26. The van der Waals surface area contributed by atoms with Crippen LogP contribution in [0.4, 0.5) is 0 Å². The van der Waals surface area contributed by atoms with Crippen LogP contribution in [0.3, 0.4) is 0 Å². The van der Waals surface area contributed by atoms with Crippen LogP contribution in [0.2, 0.25) is 0 Å². The van der Waals surface area contributed by atoms with E-state index in [1.165, 1.54) is 0 Å². The minimum Gasteiger partial charge on any atom is -0.496 e. The first kappa shape index (κ1) is 14.1. The molecular formula is C18H16N2O2. The van der Waals surface area contributed by atoms with E-state index in [-0.39, 0.29) is 5.56 Å². The van der Waals surface area contributed by atoms with Crippen LogP contribution in [-0.2, 0) is 6.54 Å². The van der Waals surface area contributed by atoms with Gasteiger partial charge in [0.25, 0.3) is 5.56 Å². The Balaban J connectivity index is 2.37. The van der Waals surface area contributed by atoms with E-state index >= 15 is 0 Å². The summed E-state index contributed by atoms with van der Waals surface area (Å²) < 4.78 is 7.01. The first-order valence-corrected chi connectivity index (χ1v) is 6.99. The lowest BCUT2D eigenvalue weighted by Gasteiger charge is -2.12. The molecule has 0 unspecified atom stereocenters. The maximum atomic E-state index is 12.9. The number of pyridine rings is 2. The van der Waals surface area contributed by atoms with Gasteiger partial charge in [-0.2, -0.15) is 0 Å². The fourth-order valence-electron chi connectivity index (χ4n) is 2.57. The first-order valence-electron chi connectivity index (χ1n) is 6.99. The minimum absolute atomic E-state index is 0.101. The van der Waals surface area contributed by atoms with Gasteiger partial charge in [-0.15, -0.1) is 6.58 Å². The fourth-order valence-corrected chi connectivity index (χ4v) is 2.57. The van der Waals surface area contributed by atoms with E-state index in [2.05, 4.69) is 11.6 Å². The van der Waals surface area contributed by atoms with E-state index in [1.807, 2.05) is 42.5 Å². The van der Waals surface area contributed by atoms with Crippen molar-refractivity contribution in [3.63, 3.8) is 0 Å². The lowest BCUT2D eigenvalue weighted by molar-refractivity contribution is 0.416. The Labute approximate surface area is 128 Å². The normalized spacial score (nSPS) is 10.6. The molecule has 0 radical (unpaired) electrons. The molecule has 1 aromatic carbocycles. The molecule has 0 saturated heterocycles. The molecule has 0 aliphatic heterocycles. The minimum atomic E-state index is -0.101. The lowest BCUT2D eigenvalue weighted by Crippen LogP contribution is -2.22. The summed E-state index contributed by atoms with van der Waals surface area (Å²) in [6.45, 7) is 4.14. The number of benzene rings is 1. The smallest absolute Gasteiger partial charge is 0.260 e. The second kappa shape index (κ2) is 5.85. The van der Waals surface area contributed by atoms with Gasteiger partial charge in [-0.05, 0) is 24.3 Å². The standard InChI is InChI=1S/C18H16N2O2/c1-3-11-20-17-13(7-6-10-19-17)12-15(18(20)21)14-8-4-5-9-16(14)22-2/h3-10,12H,1,11H2,2H3. The van der Waals surface area contributed by atoms with Crippen molar-refractivity contribution in [1.82, 2.24) is 9.55 Å². The van der Waals surface area contributed by atoms with Gasteiger partial charge < -0.3 is 4.74 Å². The van der Waals surface area contributed by atoms with Crippen molar-refractivity contribution in [1.29, 1.82) is 0 Å². The molecule has 4 nitrogen and oxygen atoms in total. The van der Waals surface area contributed by atoms with E-state index < -0.39 is 0 Å². The molecule has 4 heteroatoms. The lowest BCUT2D eigenvalue weighted by atomic mass is 10.0. The van der Waals surface area contributed by atoms with Gasteiger partial charge in [-0.25, -0.2) is 4.98 Å². The van der Waals surface area contributed by atoms with Gasteiger partial charge in [-0.3, -0.25) is 9.36 Å². The van der Waals surface area contributed by atoms with Gasteiger partial charge in [0.05, 0.1) is 12.7 Å². The fraction of sp³-hybridized carbons (Fsp3) is 0.111. The zero-order chi connectivity index (χ0) is 15.5. The van der Waals surface area contributed by atoms with Crippen molar-refractivity contribution >= 4 is 11.0 Å². The van der Waals surface area contributed by atoms with E-state index in [9.17, 15) is 4.79 Å². The maximum Gasteiger partial charge on any atom is 0.260 e. The van der Waals surface area contributed by atoms with Crippen LogP contribution in [0.1, 0.15) is 0 Å². The molecule has 0 fully saturated rings. The Morgan fingerprint density at radius 1 is 1.23 bits per heavy atom. The van der Waals surface area contributed by atoms with Crippen molar-refractivity contribution < 1.29 is 4.74 Å². The van der Waals surface area contributed by atoms with Crippen LogP contribution >= 0.6 is 0 Å². The van der Waals surface area contributed by atoms with Gasteiger partial charge >= 0.3 is 0 Å². The summed E-state index contributed by atoms with van der Waals surface area (Å²) in [4.78, 5) is 17.2. The third-order valence-electron chi connectivity index (χ3n) is 3.56. The number of rotatable bonds is 4. The van der Waals surface area contributed by atoms with Gasteiger partial charge in [0.2, 0.25) is 0 Å². The molecule has 3 rings (SSSR count). The van der Waals surface area contributed by atoms with Gasteiger partial charge in [-0.1, -0.05) is 24.3 Å². The van der Waals surface area contributed by atoms with Crippen molar-refractivity contribution in [3.05, 3.63) is 71.7 Å². The second-order valence-corrected chi connectivity index (χ2v) is 4.88. The zero-order valence-electron chi connectivity index (χ0n) is 12.3. The monoisotopic (exact) mass is 292 g/mol. The molecule has 0 amide bonds. The third-order valence-corrected chi connectivity index (χ3v) is 3.56. The summed E-state index contributed by atoms with van der Waals surface area (Å²) in [5, 5.41) is 0.907. The predicted molar refractivity (Wildman–Crippen MR) is 88.2 cm³/mol. The molecule has 0 atom stereocenters. The molecular weight excluding hydrogens is 276 g/mol. The van der Waals surface area contributed by atoms with Gasteiger partial charge in [0.15, 0.2) is 0 Å². The van der Waals surface area contributed by atoms with Crippen LogP contribution in [-0.4, -0.2) is 16.7 Å². The average Bonchev–Trinajstić information content (AvgIpc) is 2.57. The number of allylic oxidation sites excluding steroid dienone is 1. The highest BCUT2D eigenvalue weighted by Gasteiger charge is 2.14. The number of hydrogen-bond donors (Lipinski definition) is 0. The molecule has 0 aliphatic carbocycles. The first-order chi connectivity index (χ1) is 10.8. The van der Waals surface area contributed by atoms with Gasteiger partial charge in [0.1, 0.15) is 11.4 Å². The number of fused-ring (bicyclic) bond motifs is 1. The van der Waals surface area contributed by atoms with E-state index in [4.69, 9.17) is 4.74 Å². The Hall–Kier alpha value is -2.88. The second-order valence-electron chi connectivity index (χ2n) is 4.88. The molecule has 110 valence electrons. The molecule has 0 bridgehead atoms. The summed E-state index contributed by atoms with van der Waals surface area (Å²) in [6, 6.07) is 13.2. The van der Waals surface area contributed by atoms with Crippen LogP contribution in [0, 0.1) is 0 Å². The summed E-state index contributed by atoms with van der Waals surface area (Å²) in [7, 11) is 1.60. The van der Waals surface area contributed by atoms with Crippen molar-refractivity contribution in [2.75, 3.05) is 7.11 Å². The third kappa shape index (κ3) is 2.29. The summed E-state index contributed by atoms with van der Waals surface area (Å²) in [6.07, 6.45) is 3.38. The van der Waals surface area contributed by atoms with Crippen LogP contribution in [0.15, 0.2) is 66.1 Å². The topological polar surface area (TPSA) is 44.1 Å². The highest BCUT2D eigenvalue weighted by atomic mass is 16.5. The number of aromatic nitrogens is 2. The summed E-state index contributed by atoms with van der Waals surface area (Å²) in [5.41, 5.74) is 1.93.